The third-order valence-corrected chi connectivity index (χ3v) is 4.53. The molecule has 0 saturated carbocycles. The summed E-state index contributed by atoms with van der Waals surface area (Å²) in [6.45, 7) is -0.0217. The molecule has 176 valence electrons. The lowest BCUT2D eigenvalue weighted by Gasteiger charge is -2.23. The Balaban J connectivity index is 1.94. The van der Waals surface area contributed by atoms with Gasteiger partial charge < -0.3 is 19.9 Å². The number of methoxy groups -OCH3 is 1. The molecular weight excluding hydrogens is 428 g/mol. The van der Waals surface area contributed by atoms with Crippen molar-refractivity contribution in [2.24, 2.45) is 5.73 Å². The largest absolute Gasteiger partial charge is 0.468 e. The van der Waals surface area contributed by atoms with E-state index in [1.807, 2.05) is 36.4 Å². The van der Waals surface area contributed by atoms with E-state index in [0.717, 1.165) is 16.0 Å². The zero-order valence-electron chi connectivity index (χ0n) is 18.4. The second kappa shape index (κ2) is 13.5. The summed E-state index contributed by atoms with van der Waals surface area (Å²) in [5.41, 5.74) is 7.26. The normalized spacial score (nSPS) is 11.1. The average Bonchev–Trinajstić information content (AvgIpc) is 2.84. The van der Waals surface area contributed by atoms with Gasteiger partial charge in [-0.1, -0.05) is 60.7 Å². The van der Waals surface area contributed by atoms with E-state index >= 15 is 0 Å². The number of guanidine groups is 1. The first-order chi connectivity index (χ1) is 15.9. The number of hydrogen-bond acceptors (Lipinski definition) is 8. The molecule has 0 aliphatic heterocycles. The SMILES string of the molecule is COC(=O)[C@@H](N)CCCN(C(=N)NC(=O)OCc1ccccc1)C(=O)OCc1ccccc1. The zero-order chi connectivity index (χ0) is 24.1. The van der Waals surface area contributed by atoms with Crippen LogP contribution in [0.1, 0.15) is 24.0 Å². The van der Waals surface area contributed by atoms with E-state index < -0.39 is 30.2 Å². The lowest BCUT2D eigenvalue weighted by atomic mass is 10.1. The predicted octanol–water partition coefficient (Wildman–Crippen LogP) is 2.77. The van der Waals surface area contributed by atoms with Crippen LogP contribution in [0.4, 0.5) is 9.59 Å². The second-order valence-corrected chi connectivity index (χ2v) is 7.00. The predicted molar refractivity (Wildman–Crippen MR) is 120 cm³/mol. The lowest BCUT2D eigenvalue weighted by Crippen LogP contribution is -2.47. The number of alkyl carbamates (subject to hydrolysis) is 1. The zero-order valence-corrected chi connectivity index (χ0v) is 18.4. The summed E-state index contributed by atoms with van der Waals surface area (Å²) >= 11 is 0. The van der Waals surface area contributed by atoms with E-state index in [-0.39, 0.29) is 32.6 Å². The fourth-order valence-electron chi connectivity index (χ4n) is 2.75. The van der Waals surface area contributed by atoms with Crippen molar-refractivity contribution in [3.63, 3.8) is 0 Å². The van der Waals surface area contributed by atoms with Gasteiger partial charge in [-0.25, -0.2) is 14.5 Å². The minimum absolute atomic E-state index is 0.00634. The van der Waals surface area contributed by atoms with Crippen LogP contribution >= 0.6 is 0 Å². The number of nitrogens with two attached hydrogens (primary N) is 1. The summed E-state index contributed by atoms with van der Waals surface area (Å²) in [5.74, 6) is -1.09. The molecule has 0 radical (unpaired) electrons. The van der Waals surface area contributed by atoms with Crippen LogP contribution < -0.4 is 11.1 Å². The van der Waals surface area contributed by atoms with Crippen LogP contribution in [-0.4, -0.2) is 48.7 Å². The van der Waals surface area contributed by atoms with Gasteiger partial charge in [0.1, 0.15) is 19.3 Å². The Labute approximate surface area is 192 Å². The number of carbonyl (C=O) groups is 3. The molecule has 2 aromatic rings. The summed E-state index contributed by atoms with van der Waals surface area (Å²) in [5, 5.41) is 10.4. The highest BCUT2D eigenvalue weighted by Crippen LogP contribution is 2.07. The molecule has 0 aliphatic carbocycles. The van der Waals surface area contributed by atoms with Crippen LogP contribution in [0.15, 0.2) is 60.7 Å². The number of nitrogens with zero attached hydrogens (tertiary/aromatic N) is 1. The molecule has 0 bridgehead atoms. The molecule has 10 heteroatoms. The number of benzene rings is 2. The van der Waals surface area contributed by atoms with E-state index in [4.69, 9.17) is 20.6 Å². The molecule has 0 aromatic heterocycles. The van der Waals surface area contributed by atoms with Gasteiger partial charge in [0, 0.05) is 6.54 Å². The van der Waals surface area contributed by atoms with Gasteiger partial charge in [-0.2, -0.15) is 0 Å². The van der Waals surface area contributed by atoms with Crippen molar-refractivity contribution in [2.45, 2.75) is 32.1 Å². The highest BCUT2D eigenvalue weighted by molar-refractivity contribution is 5.99. The van der Waals surface area contributed by atoms with Crippen LogP contribution in [-0.2, 0) is 32.2 Å². The third-order valence-electron chi connectivity index (χ3n) is 4.53. The Hall–Kier alpha value is -3.92. The number of amides is 2. The number of carbonyl (C=O) groups excluding carboxylic acids is 3. The summed E-state index contributed by atoms with van der Waals surface area (Å²) in [6.07, 6.45) is -1.25. The number of nitrogens with one attached hydrogen (secondary N) is 2. The average molecular weight is 456 g/mol. The summed E-state index contributed by atoms with van der Waals surface area (Å²) in [4.78, 5) is 37.2. The quantitative estimate of drug-likeness (QED) is 0.228. The molecule has 0 unspecified atom stereocenters. The van der Waals surface area contributed by atoms with Gasteiger partial charge in [0.2, 0.25) is 5.96 Å². The molecule has 2 aromatic carbocycles. The number of hydrogen-bond donors (Lipinski definition) is 3. The molecule has 0 spiro atoms. The first-order valence-electron chi connectivity index (χ1n) is 10.3. The van der Waals surface area contributed by atoms with E-state index in [9.17, 15) is 14.4 Å². The first-order valence-corrected chi connectivity index (χ1v) is 10.3. The summed E-state index contributed by atoms with van der Waals surface area (Å²) in [6, 6.07) is 17.2. The first kappa shape index (κ1) is 25.3. The van der Waals surface area contributed by atoms with Gasteiger partial charge in [0.05, 0.1) is 7.11 Å². The molecule has 2 rings (SSSR count). The fourth-order valence-corrected chi connectivity index (χ4v) is 2.75. The maximum absolute atomic E-state index is 12.6. The summed E-state index contributed by atoms with van der Waals surface area (Å²) in [7, 11) is 1.23. The molecule has 1 atom stereocenters. The monoisotopic (exact) mass is 456 g/mol. The van der Waals surface area contributed by atoms with Crippen LogP contribution in [0.25, 0.3) is 0 Å². The van der Waals surface area contributed by atoms with Gasteiger partial charge in [-0.3, -0.25) is 15.5 Å². The maximum Gasteiger partial charge on any atom is 0.416 e. The van der Waals surface area contributed by atoms with Crippen LogP contribution in [0.3, 0.4) is 0 Å². The van der Waals surface area contributed by atoms with Crippen molar-refractivity contribution in [3.05, 3.63) is 71.8 Å². The Morgan fingerprint density at radius 2 is 1.52 bits per heavy atom. The molecule has 10 nitrogen and oxygen atoms in total. The van der Waals surface area contributed by atoms with Crippen LogP contribution in [0.2, 0.25) is 0 Å². The molecule has 0 fully saturated rings. The molecule has 0 saturated heterocycles. The van der Waals surface area contributed by atoms with Crippen molar-refractivity contribution in [1.29, 1.82) is 5.41 Å². The van der Waals surface area contributed by atoms with E-state index in [2.05, 4.69) is 10.1 Å². The fraction of sp³-hybridized carbons (Fsp3) is 0.304. The van der Waals surface area contributed by atoms with E-state index in [1.165, 1.54) is 7.11 Å². The maximum atomic E-state index is 12.6. The van der Waals surface area contributed by atoms with E-state index in [0.29, 0.717) is 0 Å². The molecule has 4 N–H and O–H groups in total. The molecule has 0 aliphatic rings. The number of ether oxygens (including phenoxy) is 3. The Bertz CT molecular complexity index is 923. The topological polar surface area (TPSA) is 144 Å². The Morgan fingerprint density at radius 1 is 0.970 bits per heavy atom. The number of rotatable bonds is 9. The third kappa shape index (κ3) is 8.99. The highest BCUT2D eigenvalue weighted by atomic mass is 16.6. The second-order valence-electron chi connectivity index (χ2n) is 7.00. The molecule has 2 amide bonds. The standard InChI is InChI=1S/C23H28N4O6/c1-31-20(28)19(24)13-8-14-27(23(30)33-16-18-11-6-3-7-12-18)21(25)26-22(29)32-15-17-9-4-2-5-10-17/h2-7,9-12,19H,8,13-16,24H2,1H3,(H2,25,26,29)/t19-/m0/s1. The van der Waals surface area contributed by atoms with Crippen molar-refractivity contribution in [2.75, 3.05) is 13.7 Å². The Kier molecular flexibility index (Phi) is 10.4. The molecular formula is C23H28N4O6. The Morgan fingerprint density at radius 3 is 2.06 bits per heavy atom. The lowest BCUT2D eigenvalue weighted by molar-refractivity contribution is -0.142. The number of esters is 1. The highest BCUT2D eigenvalue weighted by Gasteiger charge is 2.23. The van der Waals surface area contributed by atoms with Crippen LogP contribution in [0.5, 0.6) is 0 Å². The molecule has 0 heterocycles. The van der Waals surface area contributed by atoms with Crippen molar-refractivity contribution in [3.8, 4) is 0 Å². The minimum atomic E-state index is -0.893. The van der Waals surface area contributed by atoms with Gasteiger partial charge in [-0.15, -0.1) is 0 Å². The summed E-state index contributed by atoms with van der Waals surface area (Å²) < 4.78 is 15.0. The minimum Gasteiger partial charge on any atom is -0.468 e. The van der Waals surface area contributed by atoms with Crippen molar-refractivity contribution in [1.82, 2.24) is 10.2 Å². The smallest absolute Gasteiger partial charge is 0.416 e. The van der Waals surface area contributed by atoms with Gasteiger partial charge in [-0.05, 0) is 24.0 Å². The van der Waals surface area contributed by atoms with Crippen molar-refractivity contribution >= 4 is 24.1 Å². The van der Waals surface area contributed by atoms with Gasteiger partial charge in [0.15, 0.2) is 0 Å². The molecule has 33 heavy (non-hydrogen) atoms. The van der Waals surface area contributed by atoms with Crippen LogP contribution in [0, 0.1) is 5.41 Å². The van der Waals surface area contributed by atoms with Gasteiger partial charge in [0.25, 0.3) is 0 Å². The van der Waals surface area contributed by atoms with E-state index in [1.54, 1.807) is 24.3 Å². The van der Waals surface area contributed by atoms with Crippen molar-refractivity contribution < 1.29 is 28.6 Å². The van der Waals surface area contributed by atoms with Gasteiger partial charge >= 0.3 is 18.2 Å².